The van der Waals surface area contributed by atoms with Crippen molar-refractivity contribution in [1.29, 1.82) is 0 Å². The zero-order chi connectivity index (χ0) is 32.5. The summed E-state index contributed by atoms with van der Waals surface area (Å²) in [7, 11) is -4.15. The maximum absolute atomic E-state index is 14.6. The smallest absolute Gasteiger partial charge is 0.264 e. The number of hydrogen-bond donors (Lipinski definition) is 1. The monoisotopic (exact) mass is 657 g/mol. The molecule has 0 bridgehead atoms. The average molecular weight is 658 g/mol. The number of sulfonamides is 1. The number of anilines is 1. The molecule has 1 N–H and O–H groups in total. The second-order valence-corrected chi connectivity index (χ2v) is 14.1. The van der Waals surface area contributed by atoms with Gasteiger partial charge in [0.05, 0.1) is 10.6 Å². The molecule has 4 aromatic rings. The van der Waals surface area contributed by atoms with Crippen LogP contribution >= 0.6 is 11.6 Å². The van der Waals surface area contributed by atoms with E-state index in [0.29, 0.717) is 16.3 Å². The second kappa shape index (κ2) is 15.4. The standard InChI is InChI=1S/C37H40ClN3O4S/c1-28-21-23-33(24-22-28)46(44,45)41(32-18-9-4-10-19-32)27-36(42)40(26-30-15-11-12-20-34(30)38)35(25-29-13-5-2-6-14-29)37(43)39-31-16-7-3-8-17-31/h2,4-6,9-15,18-24,31,35H,3,7-8,16-17,25-27H2,1H3,(H,39,43)/t35-/m1/s1. The molecular weight excluding hydrogens is 618 g/mol. The van der Waals surface area contributed by atoms with Gasteiger partial charge in [0, 0.05) is 24.0 Å². The highest BCUT2D eigenvalue weighted by Crippen LogP contribution is 2.26. The summed E-state index contributed by atoms with van der Waals surface area (Å²) in [6, 6.07) is 31.0. The first-order valence-corrected chi connectivity index (χ1v) is 17.6. The predicted molar refractivity (Wildman–Crippen MR) is 183 cm³/mol. The fraction of sp³-hybridized carbons (Fsp3) is 0.297. The van der Waals surface area contributed by atoms with Crippen molar-refractivity contribution in [3.8, 4) is 0 Å². The minimum atomic E-state index is -4.15. The molecule has 0 unspecified atom stereocenters. The highest BCUT2D eigenvalue weighted by atomic mass is 35.5. The Morgan fingerprint density at radius 2 is 1.43 bits per heavy atom. The fourth-order valence-corrected chi connectivity index (χ4v) is 7.48. The lowest BCUT2D eigenvalue weighted by Crippen LogP contribution is -2.55. The lowest BCUT2D eigenvalue weighted by Gasteiger charge is -2.35. The van der Waals surface area contributed by atoms with Gasteiger partial charge in [0.25, 0.3) is 10.0 Å². The van der Waals surface area contributed by atoms with Crippen molar-refractivity contribution in [2.45, 2.75) is 69.0 Å². The van der Waals surface area contributed by atoms with Gasteiger partial charge in [0.1, 0.15) is 12.6 Å². The molecule has 0 aliphatic heterocycles. The first-order valence-electron chi connectivity index (χ1n) is 15.7. The molecule has 1 fully saturated rings. The molecular formula is C37H40ClN3O4S. The molecule has 4 aromatic carbocycles. The lowest BCUT2D eigenvalue weighted by molar-refractivity contribution is -0.140. The van der Waals surface area contributed by atoms with Gasteiger partial charge in [0.2, 0.25) is 11.8 Å². The summed E-state index contributed by atoms with van der Waals surface area (Å²) in [5.74, 6) is -0.775. The van der Waals surface area contributed by atoms with Crippen molar-refractivity contribution in [3.63, 3.8) is 0 Å². The topological polar surface area (TPSA) is 86.8 Å². The van der Waals surface area contributed by atoms with Gasteiger partial charge in [-0.25, -0.2) is 8.42 Å². The van der Waals surface area contributed by atoms with Crippen LogP contribution in [0, 0.1) is 6.92 Å². The molecule has 240 valence electrons. The van der Waals surface area contributed by atoms with Crippen LogP contribution in [0.4, 0.5) is 5.69 Å². The van der Waals surface area contributed by atoms with Gasteiger partial charge in [-0.05, 0) is 61.2 Å². The Bertz CT molecular complexity index is 1710. The van der Waals surface area contributed by atoms with Crippen molar-refractivity contribution < 1.29 is 18.0 Å². The van der Waals surface area contributed by atoms with E-state index in [1.807, 2.05) is 49.4 Å². The van der Waals surface area contributed by atoms with Crippen LogP contribution in [0.15, 0.2) is 114 Å². The van der Waals surface area contributed by atoms with E-state index >= 15 is 0 Å². The summed E-state index contributed by atoms with van der Waals surface area (Å²) in [6.07, 6.45) is 5.25. The first-order chi connectivity index (χ1) is 22.2. The van der Waals surface area contributed by atoms with Gasteiger partial charge in [-0.2, -0.15) is 0 Å². The van der Waals surface area contributed by atoms with E-state index < -0.39 is 28.5 Å². The van der Waals surface area contributed by atoms with Crippen LogP contribution < -0.4 is 9.62 Å². The van der Waals surface area contributed by atoms with Crippen LogP contribution in [0.1, 0.15) is 48.8 Å². The molecule has 2 amide bonds. The van der Waals surface area contributed by atoms with E-state index in [9.17, 15) is 18.0 Å². The number of benzene rings is 4. The summed E-state index contributed by atoms with van der Waals surface area (Å²) >= 11 is 6.60. The molecule has 5 rings (SSSR count). The largest absolute Gasteiger partial charge is 0.352 e. The molecule has 1 atom stereocenters. The Morgan fingerprint density at radius 3 is 2.09 bits per heavy atom. The van der Waals surface area contributed by atoms with Crippen LogP contribution in [0.3, 0.4) is 0 Å². The summed E-state index contributed by atoms with van der Waals surface area (Å²) in [4.78, 5) is 30.3. The quantitative estimate of drug-likeness (QED) is 0.179. The number of nitrogens with one attached hydrogen (secondary N) is 1. The maximum atomic E-state index is 14.6. The van der Waals surface area contributed by atoms with Crippen LogP contribution in [0.2, 0.25) is 5.02 Å². The molecule has 9 heteroatoms. The normalized spacial score (nSPS) is 14.3. The van der Waals surface area contributed by atoms with Crippen molar-refractivity contribution in [1.82, 2.24) is 10.2 Å². The SMILES string of the molecule is Cc1ccc(S(=O)(=O)N(CC(=O)N(Cc2ccccc2Cl)[C@H](Cc2ccccc2)C(=O)NC2CCCCC2)c2ccccc2)cc1. The van der Waals surface area contributed by atoms with E-state index in [0.717, 1.165) is 47.5 Å². The number of para-hydroxylation sites is 1. The summed E-state index contributed by atoms with van der Waals surface area (Å²) < 4.78 is 29.4. The fourth-order valence-electron chi connectivity index (χ4n) is 5.87. The number of aryl methyl sites for hydroxylation is 1. The highest BCUT2D eigenvalue weighted by molar-refractivity contribution is 7.92. The lowest BCUT2D eigenvalue weighted by atomic mass is 9.94. The second-order valence-electron chi connectivity index (χ2n) is 11.8. The maximum Gasteiger partial charge on any atom is 0.264 e. The first kappa shape index (κ1) is 33.2. The third-order valence-electron chi connectivity index (χ3n) is 8.45. The molecule has 0 spiro atoms. The van der Waals surface area contributed by atoms with E-state index in [2.05, 4.69) is 5.32 Å². The van der Waals surface area contributed by atoms with Crippen LogP contribution in [0.25, 0.3) is 0 Å². The molecule has 0 heterocycles. The Kier molecular flexibility index (Phi) is 11.1. The third-order valence-corrected chi connectivity index (χ3v) is 10.6. The van der Waals surface area contributed by atoms with E-state index in [4.69, 9.17) is 11.6 Å². The minimum absolute atomic E-state index is 0.0273. The van der Waals surface area contributed by atoms with Crippen LogP contribution in [-0.2, 0) is 32.6 Å². The van der Waals surface area contributed by atoms with Crippen molar-refractivity contribution in [2.75, 3.05) is 10.8 Å². The Hall–Kier alpha value is -4.14. The zero-order valence-electron chi connectivity index (χ0n) is 26.0. The number of nitrogens with zero attached hydrogens (tertiary/aromatic N) is 2. The minimum Gasteiger partial charge on any atom is -0.352 e. The molecule has 0 saturated heterocycles. The van der Waals surface area contributed by atoms with E-state index in [-0.39, 0.29) is 29.8 Å². The van der Waals surface area contributed by atoms with Gasteiger partial charge in [-0.15, -0.1) is 0 Å². The number of carbonyl (C=O) groups excluding carboxylic acids is 2. The van der Waals surface area contributed by atoms with Crippen LogP contribution in [0.5, 0.6) is 0 Å². The third kappa shape index (κ3) is 8.36. The zero-order valence-corrected chi connectivity index (χ0v) is 27.6. The van der Waals surface area contributed by atoms with Crippen molar-refractivity contribution in [2.24, 2.45) is 0 Å². The number of rotatable bonds is 12. The molecule has 1 saturated carbocycles. The Balaban J connectivity index is 1.55. The van der Waals surface area contributed by atoms with Crippen molar-refractivity contribution in [3.05, 3.63) is 131 Å². The van der Waals surface area contributed by atoms with E-state index in [1.165, 1.54) is 4.90 Å². The number of halogens is 1. The summed E-state index contributed by atoms with van der Waals surface area (Å²) in [5, 5.41) is 3.68. The molecule has 1 aliphatic rings. The van der Waals surface area contributed by atoms with E-state index in [1.54, 1.807) is 66.7 Å². The van der Waals surface area contributed by atoms with Crippen LogP contribution in [-0.4, -0.2) is 43.8 Å². The van der Waals surface area contributed by atoms with Gasteiger partial charge in [0.15, 0.2) is 0 Å². The molecule has 46 heavy (non-hydrogen) atoms. The summed E-state index contributed by atoms with van der Waals surface area (Å²) in [5.41, 5.74) is 2.81. The number of hydrogen-bond acceptors (Lipinski definition) is 4. The number of carbonyl (C=O) groups is 2. The predicted octanol–water partition coefficient (Wildman–Crippen LogP) is 6.93. The number of amides is 2. The highest BCUT2D eigenvalue weighted by Gasteiger charge is 2.35. The molecule has 7 nitrogen and oxygen atoms in total. The summed E-state index contributed by atoms with van der Waals surface area (Å²) in [6.45, 7) is 1.40. The molecule has 1 aliphatic carbocycles. The van der Waals surface area contributed by atoms with Gasteiger partial charge in [-0.1, -0.05) is 115 Å². The average Bonchev–Trinajstić information content (AvgIpc) is 3.07. The van der Waals surface area contributed by atoms with Gasteiger partial charge in [-0.3, -0.25) is 13.9 Å². The molecule has 0 aromatic heterocycles. The Morgan fingerprint density at radius 1 is 0.826 bits per heavy atom. The molecule has 0 radical (unpaired) electrons. The van der Waals surface area contributed by atoms with Gasteiger partial charge < -0.3 is 10.2 Å². The van der Waals surface area contributed by atoms with Gasteiger partial charge >= 0.3 is 0 Å². The van der Waals surface area contributed by atoms with Crippen molar-refractivity contribution >= 4 is 39.1 Å². The Labute approximate surface area is 277 Å².